The first-order valence-corrected chi connectivity index (χ1v) is 9.20. The van der Waals surface area contributed by atoms with Crippen LogP contribution in [-0.4, -0.2) is 0 Å². The average Bonchev–Trinajstić information content (AvgIpc) is 2.37. The number of allylic oxidation sites excluding steroid dienone is 1. The summed E-state index contributed by atoms with van der Waals surface area (Å²) in [7, 11) is 0. The van der Waals surface area contributed by atoms with E-state index in [4.69, 9.17) is 6.58 Å². The van der Waals surface area contributed by atoms with E-state index >= 15 is 0 Å². The van der Waals surface area contributed by atoms with Crippen LogP contribution in [0.2, 0.25) is 0 Å². The zero-order valence-electron chi connectivity index (χ0n) is 14.9. The smallest absolute Gasteiger partial charge is 0.00829 e. The fourth-order valence-corrected chi connectivity index (χ4v) is 5.39. The summed E-state index contributed by atoms with van der Waals surface area (Å²) in [5.74, 6) is 0.872. The van der Waals surface area contributed by atoms with E-state index in [0.717, 1.165) is 5.92 Å². The van der Waals surface area contributed by atoms with Crippen LogP contribution >= 0.6 is 0 Å². The Labute approximate surface area is 128 Å². The van der Waals surface area contributed by atoms with Crippen LogP contribution in [0.4, 0.5) is 0 Å². The highest BCUT2D eigenvalue weighted by molar-refractivity contribution is 5.24. The Morgan fingerprint density at radius 2 is 1.10 bits per heavy atom. The summed E-state index contributed by atoms with van der Waals surface area (Å²) in [5, 5.41) is 0. The fourth-order valence-electron chi connectivity index (χ4n) is 5.39. The third-order valence-electron chi connectivity index (χ3n) is 5.67. The summed E-state index contributed by atoms with van der Waals surface area (Å²) in [6, 6.07) is 0. The topological polar surface area (TPSA) is 0 Å². The fraction of sp³-hybridized carbons (Fsp3) is 0.900. The van der Waals surface area contributed by atoms with Gasteiger partial charge in [-0.15, -0.1) is 0 Å². The molecule has 1 rings (SSSR count). The van der Waals surface area contributed by atoms with E-state index in [9.17, 15) is 0 Å². The van der Waals surface area contributed by atoms with Crippen LogP contribution < -0.4 is 0 Å². The van der Waals surface area contributed by atoms with Crippen molar-refractivity contribution in [3.05, 3.63) is 12.2 Å². The van der Waals surface area contributed by atoms with E-state index in [2.05, 4.69) is 34.6 Å². The van der Waals surface area contributed by atoms with Crippen LogP contribution in [0.3, 0.4) is 0 Å². The molecule has 1 fully saturated rings. The third kappa shape index (κ3) is 3.49. The third-order valence-corrected chi connectivity index (χ3v) is 5.67. The molecular formula is C20H38. The zero-order chi connectivity index (χ0) is 15.2. The lowest BCUT2D eigenvalue weighted by Gasteiger charge is -2.53. The molecule has 1 aliphatic rings. The van der Waals surface area contributed by atoms with Crippen molar-refractivity contribution in [1.82, 2.24) is 0 Å². The Bertz CT molecular complexity index is 259. The van der Waals surface area contributed by atoms with Crippen molar-refractivity contribution in [3.8, 4) is 0 Å². The summed E-state index contributed by atoms with van der Waals surface area (Å²) in [4.78, 5) is 0. The Balaban J connectivity index is 3.15. The van der Waals surface area contributed by atoms with Gasteiger partial charge >= 0.3 is 0 Å². The van der Waals surface area contributed by atoms with Gasteiger partial charge in [-0.3, -0.25) is 0 Å². The highest BCUT2D eigenvalue weighted by atomic mass is 14.5. The molecule has 0 heteroatoms. The minimum Gasteiger partial charge on any atom is -0.0987 e. The molecule has 0 aromatic heterocycles. The summed E-state index contributed by atoms with van der Waals surface area (Å²) < 4.78 is 0. The van der Waals surface area contributed by atoms with E-state index < -0.39 is 0 Å². The molecule has 0 aliphatic heterocycles. The highest BCUT2D eigenvalue weighted by Gasteiger charge is 2.48. The first-order chi connectivity index (χ1) is 9.50. The van der Waals surface area contributed by atoms with Crippen LogP contribution in [0.5, 0.6) is 0 Å². The van der Waals surface area contributed by atoms with Gasteiger partial charge in [0.25, 0.3) is 0 Å². The maximum Gasteiger partial charge on any atom is -0.00829 e. The zero-order valence-corrected chi connectivity index (χ0v) is 14.9. The molecule has 0 unspecified atom stereocenters. The first-order valence-electron chi connectivity index (χ1n) is 9.20. The average molecular weight is 279 g/mol. The largest absolute Gasteiger partial charge is 0.0987 e. The standard InChI is InChI=1S/C20H38/c1-7-11-19(12-8-2)15-17(5)16-20(13-9-3,14-10-4)18(19)6/h17H,6-16H2,1-5H3. The van der Waals surface area contributed by atoms with Crippen molar-refractivity contribution in [2.24, 2.45) is 16.7 Å². The molecule has 0 bridgehead atoms. The van der Waals surface area contributed by atoms with Gasteiger partial charge in [0, 0.05) is 0 Å². The van der Waals surface area contributed by atoms with Crippen molar-refractivity contribution >= 4 is 0 Å². The lowest BCUT2D eigenvalue weighted by molar-refractivity contribution is 0.0771. The van der Waals surface area contributed by atoms with Crippen molar-refractivity contribution in [1.29, 1.82) is 0 Å². The van der Waals surface area contributed by atoms with Gasteiger partial charge in [-0.25, -0.2) is 0 Å². The normalized spacial score (nSPS) is 22.1. The molecule has 0 nitrogen and oxygen atoms in total. The molecule has 0 aromatic carbocycles. The molecule has 0 saturated heterocycles. The van der Waals surface area contributed by atoms with Gasteiger partial charge in [0.1, 0.15) is 0 Å². The van der Waals surface area contributed by atoms with Gasteiger partial charge < -0.3 is 0 Å². The second-order valence-corrected chi connectivity index (χ2v) is 7.55. The molecule has 0 aromatic rings. The minimum absolute atomic E-state index is 0.450. The summed E-state index contributed by atoms with van der Waals surface area (Å²) >= 11 is 0. The van der Waals surface area contributed by atoms with Crippen LogP contribution in [0.15, 0.2) is 12.2 Å². The van der Waals surface area contributed by atoms with Gasteiger partial charge in [0.15, 0.2) is 0 Å². The Kier molecular flexibility index (Phi) is 6.82. The minimum atomic E-state index is 0.450. The molecular weight excluding hydrogens is 240 g/mol. The molecule has 20 heavy (non-hydrogen) atoms. The van der Waals surface area contributed by atoms with Crippen LogP contribution in [0.1, 0.15) is 98.8 Å². The van der Waals surface area contributed by atoms with Gasteiger partial charge in [0.2, 0.25) is 0 Å². The predicted octanol–water partition coefficient (Wildman–Crippen LogP) is 7.15. The van der Waals surface area contributed by atoms with E-state index in [1.165, 1.54) is 64.2 Å². The Morgan fingerprint density at radius 1 is 0.800 bits per heavy atom. The quantitative estimate of drug-likeness (QED) is 0.414. The van der Waals surface area contributed by atoms with Crippen molar-refractivity contribution in [2.45, 2.75) is 98.8 Å². The van der Waals surface area contributed by atoms with Crippen molar-refractivity contribution in [3.63, 3.8) is 0 Å². The summed E-state index contributed by atoms with van der Waals surface area (Å²) in [6.45, 7) is 16.6. The molecule has 1 aliphatic carbocycles. The van der Waals surface area contributed by atoms with E-state index in [0.29, 0.717) is 10.8 Å². The van der Waals surface area contributed by atoms with E-state index in [1.54, 1.807) is 5.57 Å². The molecule has 0 amide bonds. The van der Waals surface area contributed by atoms with E-state index in [-0.39, 0.29) is 0 Å². The lowest BCUT2D eigenvalue weighted by Crippen LogP contribution is -2.42. The second-order valence-electron chi connectivity index (χ2n) is 7.55. The van der Waals surface area contributed by atoms with Gasteiger partial charge in [-0.05, 0) is 55.3 Å². The van der Waals surface area contributed by atoms with Gasteiger partial charge in [-0.1, -0.05) is 72.5 Å². The highest BCUT2D eigenvalue weighted by Crippen LogP contribution is 2.59. The monoisotopic (exact) mass is 278 g/mol. The number of hydrogen-bond acceptors (Lipinski definition) is 0. The number of hydrogen-bond donors (Lipinski definition) is 0. The van der Waals surface area contributed by atoms with Crippen LogP contribution in [0.25, 0.3) is 0 Å². The maximum absolute atomic E-state index is 4.73. The summed E-state index contributed by atoms with van der Waals surface area (Å²) in [5.41, 5.74) is 2.55. The van der Waals surface area contributed by atoms with Crippen molar-refractivity contribution in [2.75, 3.05) is 0 Å². The molecule has 118 valence electrons. The second kappa shape index (κ2) is 7.66. The Hall–Kier alpha value is -0.260. The first kappa shape index (κ1) is 17.8. The molecule has 0 heterocycles. The molecule has 0 spiro atoms. The summed E-state index contributed by atoms with van der Waals surface area (Å²) in [6.07, 6.45) is 13.4. The Morgan fingerprint density at radius 3 is 1.35 bits per heavy atom. The molecule has 0 atom stereocenters. The maximum atomic E-state index is 4.73. The van der Waals surface area contributed by atoms with Crippen LogP contribution in [-0.2, 0) is 0 Å². The number of rotatable bonds is 8. The van der Waals surface area contributed by atoms with Gasteiger partial charge in [0.05, 0.1) is 0 Å². The predicted molar refractivity (Wildman–Crippen MR) is 92.0 cm³/mol. The van der Waals surface area contributed by atoms with Gasteiger partial charge in [-0.2, -0.15) is 0 Å². The SMILES string of the molecule is C=C1C(CCC)(CCC)CC(C)CC1(CCC)CCC. The lowest BCUT2D eigenvalue weighted by atomic mass is 9.51. The van der Waals surface area contributed by atoms with E-state index in [1.807, 2.05) is 0 Å². The molecule has 0 radical (unpaired) electrons. The van der Waals surface area contributed by atoms with Crippen LogP contribution in [0, 0.1) is 16.7 Å². The molecule has 1 saturated carbocycles. The van der Waals surface area contributed by atoms with Crippen molar-refractivity contribution < 1.29 is 0 Å². The molecule has 0 N–H and O–H groups in total.